The standard InChI is InChI=1S/C26H29N3O5S/c1-34-23-11-7-21(8-12-23)19-35(32,33)26(25(30)28-31)13-16-29(17-14-26)18-20-5-9-22(10-6-20)24-4-2-3-15-27-24/h2-12,15,31H,13-14,16-19H2,1H3,(H,28,30). The number of piperidine rings is 1. The topological polar surface area (TPSA) is 109 Å². The molecule has 0 aliphatic carbocycles. The van der Waals surface area contributed by atoms with Crippen LogP contribution in [-0.2, 0) is 26.9 Å². The molecule has 8 nitrogen and oxygen atoms in total. The second kappa shape index (κ2) is 10.6. The zero-order chi connectivity index (χ0) is 24.9. The van der Waals surface area contributed by atoms with Crippen LogP contribution in [0.1, 0.15) is 24.0 Å². The Balaban J connectivity index is 1.45. The summed E-state index contributed by atoms with van der Waals surface area (Å²) in [5.74, 6) is -0.542. The third kappa shape index (κ3) is 5.37. The van der Waals surface area contributed by atoms with Crippen LogP contribution in [0, 0.1) is 0 Å². The van der Waals surface area contributed by atoms with Crippen molar-refractivity contribution in [2.24, 2.45) is 0 Å². The third-order valence-corrected chi connectivity index (χ3v) is 9.11. The molecule has 4 rings (SSSR count). The summed E-state index contributed by atoms with van der Waals surface area (Å²) in [6.07, 6.45) is 1.96. The highest BCUT2D eigenvalue weighted by molar-refractivity contribution is 7.92. The monoisotopic (exact) mass is 495 g/mol. The Morgan fingerprint density at radius 3 is 2.26 bits per heavy atom. The Hall–Kier alpha value is -3.27. The number of carbonyl (C=O) groups is 1. The first kappa shape index (κ1) is 24.8. The van der Waals surface area contributed by atoms with E-state index in [1.165, 1.54) is 7.11 Å². The number of aromatic nitrogens is 1. The molecule has 1 saturated heterocycles. The first-order valence-corrected chi connectivity index (χ1v) is 13.0. The SMILES string of the molecule is COc1ccc(CS(=O)(=O)C2(C(=O)NO)CCN(Cc3ccc(-c4ccccn4)cc3)CC2)cc1. The Bertz CT molecular complexity index is 1240. The lowest BCUT2D eigenvalue weighted by atomic mass is 9.94. The summed E-state index contributed by atoms with van der Waals surface area (Å²) in [7, 11) is -2.37. The lowest BCUT2D eigenvalue weighted by Crippen LogP contribution is -2.57. The summed E-state index contributed by atoms with van der Waals surface area (Å²) in [5, 5.41) is 9.37. The van der Waals surface area contributed by atoms with Crippen molar-refractivity contribution in [3.63, 3.8) is 0 Å². The fourth-order valence-electron chi connectivity index (χ4n) is 4.51. The number of ether oxygens (including phenoxy) is 1. The van der Waals surface area contributed by atoms with Crippen molar-refractivity contribution in [3.8, 4) is 17.0 Å². The van der Waals surface area contributed by atoms with Crippen molar-refractivity contribution in [1.29, 1.82) is 0 Å². The zero-order valence-electron chi connectivity index (χ0n) is 19.6. The van der Waals surface area contributed by atoms with E-state index in [9.17, 15) is 18.4 Å². The molecule has 9 heteroatoms. The number of hydrogen-bond donors (Lipinski definition) is 2. The molecule has 0 radical (unpaired) electrons. The largest absolute Gasteiger partial charge is 0.497 e. The van der Waals surface area contributed by atoms with Gasteiger partial charge < -0.3 is 4.74 Å². The zero-order valence-corrected chi connectivity index (χ0v) is 20.4. The summed E-state index contributed by atoms with van der Waals surface area (Å²) in [5.41, 5.74) is 5.18. The van der Waals surface area contributed by atoms with E-state index in [0.29, 0.717) is 30.9 Å². The predicted molar refractivity (Wildman–Crippen MR) is 132 cm³/mol. The molecule has 3 aromatic rings. The van der Waals surface area contributed by atoms with Gasteiger partial charge in [-0.15, -0.1) is 0 Å². The van der Waals surface area contributed by atoms with Gasteiger partial charge in [-0.1, -0.05) is 42.5 Å². The molecule has 0 atom stereocenters. The van der Waals surface area contributed by atoms with Crippen LogP contribution in [0.25, 0.3) is 11.3 Å². The molecule has 35 heavy (non-hydrogen) atoms. The molecule has 1 fully saturated rings. The summed E-state index contributed by atoms with van der Waals surface area (Å²) < 4.78 is 30.3. The van der Waals surface area contributed by atoms with Crippen molar-refractivity contribution >= 4 is 15.7 Å². The van der Waals surface area contributed by atoms with Gasteiger partial charge in [0.25, 0.3) is 5.91 Å². The van der Waals surface area contributed by atoms with Crippen LogP contribution < -0.4 is 10.2 Å². The van der Waals surface area contributed by atoms with Crippen LogP contribution in [-0.4, -0.2) is 54.4 Å². The number of nitrogens with zero attached hydrogens (tertiary/aromatic N) is 2. The smallest absolute Gasteiger partial charge is 0.264 e. The molecule has 1 aliphatic heterocycles. The van der Waals surface area contributed by atoms with E-state index in [0.717, 1.165) is 16.8 Å². The molecule has 0 saturated carbocycles. The fourth-order valence-corrected chi connectivity index (χ4v) is 6.55. The third-order valence-electron chi connectivity index (χ3n) is 6.61. The van der Waals surface area contributed by atoms with Crippen LogP contribution in [0.15, 0.2) is 72.9 Å². The minimum absolute atomic E-state index is 0.101. The Labute approximate surface area is 205 Å². The minimum Gasteiger partial charge on any atom is -0.497 e. The number of hydroxylamine groups is 1. The maximum absolute atomic E-state index is 13.4. The van der Waals surface area contributed by atoms with E-state index in [4.69, 9.17) is 4.74 Å². The van der Waals surface area contributed by atoms with E-state index >= 15 is 0 Å². The maximum Gasteiger partial charge on any atom is 0.264 e. The second-order valence-corrected chi connectivity index (χ2v) is 11.0. The first-order valence-electron chi connectivity index (χ1n) is 11.4. The van der Waals surface area contributed by atoms with Gasteiger partial charge in [0.1, 0.15) is 5.75 Å². The van der Waals surface area contributed by atoms with Crippen LogP contribution in [0.5, 0.6) is 5.75 Å². The number of likely N-dealkylation sites (tertiary alicyclic amines) is 1. The highest BCUT2D eigenvalue weighted by Gasteiger charge is 2.52. The molecule has 1 aliphatic rings. The highest BCUT2D eigenvalue weighted by Crippen LogP contribution is 2.34. The molecule has 1 amide bonds. The molecule has 2 N–H and O–H groups in total. The molecule has 0 bridgehead atoms. The second-order valence-electron chi connectivity index (χ2n) is 8.73. The van der Waals surface area contributed by atoms with Gasteiger partial charge in [0.05, 0.1) is 18.6 Å². The van der Waals surface area contributed by atoms with Gasteiger partial charge in [0, 0.05) is 31.4 Å². The van der Waals surface area contributed by atoms with Crippen molar-refractivity contribution in [2.75, 3.05) is 20.2 Å². The minimum atomic E-state index is -3.91. The number of nitrogens with one attached hydrogen (secondary N) is 1. The number of carbonyl (C=O) groups excluding carboxylic acids is 1. The summed E-state index contributed by atoms with van der Waals surface area (Å²) in [4.78, 5) is 19.2. The molecule has 1 aromatic heterocycles. The van der Waals surface area contributed by atoms with Crippen molar-refractivity contribution < 1.29 is 23.2 Å². The number of hydrogen-bond acceptors (Lipinski definition) is 7. The predicted octanol–water partition coefficient (Wildman–Crippen LogP) is 3.21. The molecule has 0 spiro atoms. The number of sulfone groups is 1. The number of rotatable bonds is 8. The van der Waals surface area contributed by atoms with Gasteiger partial charge in [-0.25, -0.2) is 13.9 Å². The Morgan fingerprint density at radius 1 is 1.03 bits per heavy atom. The van der Waals surface area contributed by atoms with Gasteiger partial charge in [-0.2, -0.15) is 0 Å². The van der Waals surface area contributed by atoms with Crippen molar-refractivity contribution in [3.05, 3.63) is 84.1 Å². The fraction of sp³-hybridized carbons (Fsp3) is 0.308. The number of amides is 1. The van der Waals surface area contributed by atoms with Crippen molar-refractivity contribution in [1.82, 2.24) is 15.4 Å². The van der Waals surface area contributed by atoms with Gasteiger partial charge in [-0.3, -0.25) is 19.9 Å². The van der Waals surface area contributed by atoms with E-state index in [2.05, 4.69) is 9.88 Å². The normalized spacial score (nSPS) is 15.9. The summed E-state index contributed by atoms with van der Waals surface area (Å²) >= 11 is 0. The number of methoxy groups -OCH3 is 1. The van der Waals surface area contributed by atoms with Crippen LogP contribution in [0.3, 0.4) is 0 Å². The Kier molecular flexibility index (Phi) is 7.49. The van der Waals surface area contributed by atoms with Gasteiger partial charge >= 0.3 is 0 Å². The average Bonchev–Trinajstić information content (AvgIpc) is 2.90. The molecule has 0 unspecified atom stereocenters. The van der Waals surface area contributed by atoms with Crippen LogP contribution in [0.2, 0.25) is 0 Å². The summed E-state index contributed by atoms with van der Waals surface area (Å²) in [6.45, 7) is 1.46. The lowest BCUT2D eigenvalue weighted by Gasteiger charge is -2.39. The van der Waals surface area contributed by atoms with Crippen LogP contribution >= 0.6 is 0 Å². The first-order chi connectivity index (χ1) is 16.9. The van der Waals surface area contributed by atoms with E-state index < -0.39 is 20.5 Å². The quantitative estimate of drug-likeness (QED) is 0.365. The molecular weight excluding hydrogens is 466 g/mol. The van der Waals surface area contributed by atoms with E-state index in [1.807, 2.05) is 42.5 Å². The molecule has 2 aromatic carbocycles. The van der Waals surface area contributed by atoms with Gasteiger partial charge in [0.15, 0.2) is 14.6 Å². The van der Waals surface area contributed by atoms with Gasteiger partial charge in [-0.05, 0) is 48.2 Å². The highest BCUT2D eigenvalue weighted by atomic mass is 32.2. The summed E-state index contributed by atoms with van der Waals surface area (Å²) in [6, 6.07) is 20.6. The molecular formula is C26H29N3O5S. The average molecular weight is 496 g/mol. The number of benzene rings is 2. The Morgan fingerprint density at radius 2 is 1.69 bits per heavy atom. The van der Waals surface area contributed by atoms with Crippen LogP contribution in [0.4, 0.5) is 0 Å². The lowest BCUT2D eigenvalue weighted by molar-refractivity contribution is -0.133. The molecule has 2 heterocycles. The number of pyridine rings is 1. The maximum atomic E-state index is 13.4. The van der Waals surface area contributed by atoms with Gasteiger partial charge in [0.2, 0.25) is 0 Å². The molecule has 184 valence electrons. The van der Waals surface area contributed by atoms with E-state index in [-0.39, 0.29) is 18.6 Å². The van der Waals surface area contributed by atoms with E-state index in [1.54, 1.807) is 35.9 Å². The van der Waals surface area contributed by atoms with Crippen molar-refractivity contribution in [2.45, 2.75) is 29.9 Å².